The second kappa shape index (κ2) is 6.38. The molecule has 0 saturated heterocycles. The molecule has 0 bridgehead atoms. The zero-order valence-corrected chi connectivity index (χ0v) is 13.5. The van der Waals surface area contributed by atoms with Crippen molar-refractivity contribution in [3.63, 3.8) is 0 Å². The van der Waals surface area contributed by atoms with Crippen LogP contribution >= 0.6 is 11.3 Å². The molecule has 1 aromatic rings. The van der Waals surface area contributed by atoms with Crippen LogP contribution in [0.5, 0.6) is 0 Å². The van der Waals surface area contributed by atoms with Crippen LogP contribution in [-0.2, 0) is 0 Å². The van der Waals surface area contributed by atoms with Gasteiger partial charge in [0.2, 0.25) is 0 Å². The van der Waals surface area contributed by atoms with E-state index in [0.29, 0.717) is 12.0 Å². The number of thiophene rings is 1. The van der Waals surface area contributed by atoms with Crippen LogP contribution in [0.2, 0.25) is 0 Å². The SMILES string of the molecule is CCC(N)C(c1ccc(C)s1)N(CC(C)C)C1CC1. The Balaban J connectivity index is 2.24. The summed E-state index contributed by atoms with van der Waals surface area (Å²) in [6.45, 7) is 10.2. The normalized spacial score (nSPS) is 19.1. The Labute approximate surface area is 122 Å². The Hall–Kier alpha value is -0.380. The van der Waals surface area contributed by atoms with Crippen LogP contribution < -0.4 is 5.73 Å². The molecule has 3 heteroatoms. The minimum absolute atomic E-state index is 0.248. The quantitative estimate of drug-likeness (QED) is 0.819. The van der Waals surface area contributed by atoms with Gasteiger partial charge < -0.3 is 5.73 Å². The molecule has 1 aliphatic carbocycles. The minimum Gasteiger partial charge on any atom is -0.326 e. The summed E-state index contributed by atoms with van der Waals surface area (Å²) in [4.78, 5) is 5.53. The van der Waals surface area contributed by atoms with Crippen molar-refractivity contribution >= 4 is 11.3 Å². The lowest BCUT2D eigenvalue weighted by atomic mass is 10.0. The summed E-state index contributed by atoms with van der Waals surface area (Å²) in [6, 6.07) is 5.95. The molecule has 1 saturated carbocycles. The standard InChI is InChI=1S/C16H28N2S/c1-5-14(17)16(15-9-6-12(4)19-15)18(10-11(2)3)13-7-8-13/h6,9,11,13-14,16H,5,7-8,10,17H2,1-4H3. The summed E-state index contributed by atoms with van der Waals surface area (Å²) in [7, 11) is 0. The first-order chi connectivity index (χ1) is 9.02. The van der Waals surface area contributed by atoms with Crippen molar-refractivity contribution in [2.24, 2.45) is 11.7 Å². The van der Waals surface area contributed by atoms with Crippen molar-refractivity contribution < 1.29 is 0 Å². The van der Waals surface area contributed by atoms with Gasteiger partial charge in [0.25, 0.3) is 0 Å². The van der Waals surface area contributed by atoms with E-state index in [1.54, 1.807) is 0 Å². The molecule has 0 aliphatic heterocycles. The average molecular weight is 280 g/mol. The van der Waals surface area contributed by atoms with Crippen molar-refractivity contribution in [1.82, 2.24) is 4.90 Å². The molecule has 2 rings (SSSR count). The van der Waals surface area contributed by atoms with E-state index in [-0.39, 0.29) is 6.04 Å². The highest BCUT2D eigenvalue weighted by Crippen LogP contribution is 2.39. The third kappa shape index (κ3) is 3.80. The van der Waals surface area contributed by atoms with E-state index in [0.717, 1.165) is 12.5 Å². The number of hydrogen-bond acceptors (Lipinski definition) is 3. The van der Waals surface area contributed by atoms with Crippen LogP contribution in [0.15, 0.2) is 12.1 Å². The monoisotopic (exact) mass is 280 g/mol. The van der Waals surface area contributed by atoms with E-state index in [2.05, 4.69) is 44.7 Å². The van der Waals surface area contributed by atoms with Crippen molar-refractivity contribution in [2.75, 3.05) is 6.54 Å². The molecule has 0 amide bonds. The first-order valence-electron chi connectivity index (χ1n) is 7.60. The van der Waals surface area contributed by atoms with E-state index >= 15 is 0 Å². The highest BCUT2D eigenvalue weighted by atomic mass is 32.1. The summed E-state index contributed by atoms with van der Waals surface area (Å²) < 4.78 is 0. The summed E-state index contributed by atoms with van der Waals surface area (Å²) >= 11 is 1.92. The third-order valence-corrected chi connectivity index (χ3v) is 4.95. The molecule has 1 fully saturated rings. The third-order valence-electron chi connectivity index (χ3n) is 3.88. The lowest BCUT2D eigenvalue weighted by Gasteiger charge is -2.36. The van der Waals surface area contributed by atoms with Gasteiger partial charge in [-0.05, 0) is 44.2 Å². The van der Waals surface area contributed by atoms with Gasteiger partial charge >= 0.3 is 0 Å². The number of nitrogens with two attached hydrogens (primary N) is 1. The van der Waals surface area contributed by atoms with Gasteiger partial charge in [-0.3, -0.25) is 4.90 Å². The molecule has 0 radical (unpaired) electrons. The maximum absolute atomic E-state index is 6.47. The second-order valence-corrected chi connectivity index (χ2v) is 7.61. The van der Waals surface area contributed by atoms with Gasteiger partial charge in [0, 0.05) is 28.4 Å². The predicted molar refractivity (Wildman–Crippen MR) is 84.6 cm³/mol. The fourth-order valence-corrected chi connectivity index (χ4v) is 3.85. The molecule has 19 heavy (non-hydrogen) atoms. The van der Waals surface area contributed by atoms with Crippen LogP contribution in [0, 0.1) is 12.8 Å². The largest absolute Gasteiger partial charge is 0.326 e. The number of rotatable bonds is 7. The molecule has 0 spiro atoms. The zero-order chi connectivity index (χ0) is 14.0. The van der Waals surface area contributed by atoms with E-state index in [4.69, 9.17) is 5.73 Å². The van der Waals surface area contributed by atoms with Crippen molar-refractivity contribution in [3.05, 3.63) is 21.9 Å². The van der Waals surface area contributed by atoms with Crippen LogP contribution in [0.3, 0.4) is 0 Å². The van der Waals surface area contributed by atoms with Crippen LogP contribution in [0.25, 0.3) is 0 Å². The molecule has 1 aliphatic rings. The Morgan fingerprint density at radius 3 is 2.47 bits per heavy atom. The number of nitrogens with zero attached hydrogens (tertiary/aromatic N) is 1. The highest BCUT2D eigenvalue weighted by molar-refractivity contribution is 7.12. The maximum Gasteiger partial charge on any atom is 0.0595 e. The number of aryl methyl sites for hydroxylation is 1. The first-order valence-corrected chi connectivity index (χ1v) is 8.42. The lowest BCUT2D eigenvalue weighted by molar-refractivity contribution is 0.144. The molecule has 2 unspecified atom stereocenters. The molecular weight excluding hydrogens is 252 g/mol. The Kier molecular flexibility index (Phi) is 5.04. The van der Waals surface area contributed by atoms with Crippen LogP contribution in [-0.4, -0.2) is 23.5 Å². The highest BCUT2D eigenvalue weighted by Gasteiger charge is 2.37. The van der Waals surface area contributed by atoms with Gasteiger partial charge in [0.05, 0.1) is 6.04 Å². The molecule has 2 nitrogen and oxygen atoms in total. The second-order valence-electron chi connectivity index (χ2n) is 6.29. The molecule has 0 aromatic carbocycles. The first kappa shape index (κ1) is 15.0. The molecule has 2 atom stereocenters. The van der Waals surface area contributed by atoms with Crippen molar-refractivity contribution in [1.29, 1.82) is 0 Å². The van der Waals surface area contributed by atoms with Gasteiger partial charge in [0.1, 0.15) is 0 Å². The topological polar surface area (TPSA) is 29.3 Å². The Morgan fingerprint density at radius 2 is 2.05 bits per heavy atom. The average Bonchev–Trinajstić information content (AvgIpc) is 3.11. The Morgan fingerprint density at radius 1 is 1.37 bits per heavy atom. The smallest absolute Gasteiger partial charge is 0.0595 e. The molecule has 2 N–H and O–H groups in total. The zero-order valence-electron chi connectivity index (χ0n) is 12.7. The summed E-state index contributed by atoms with van der Waals surface area (Å²) in [5, 5.41) is 0. The summed E-state index contributed by atoms with van der Waals surface area (Å²) in [6.07, 6.45) is 3.75. The molecule has 108 valence electrons. The van der Waals surface area contributed by atoms with Gasteiger partial charge in [0.15, 0.2) is 0 Å². The van der Waals surface area contributed by atoms with E-state index in [1.807, 2.05) is 11.3 Å². The lowest BCUT2D eigenvalue weighted by Crippen LogP contribution is -2.43. The van der Waals surface area contributed by atoms with Gasteiger partial charge in [-0.1, -0.05) is 20.8 Å². The fraction of sp³-hybridized carbons (Fsp3) is 0.750. The fourth-order valence-electron chi connectivity index (χ4n) is 2.77. The summed E-state index contributed by atoms with van der Waals surface area (Å²) in [5.74, 6) is 0.702. The van der Waals surface area contributed by atoms with Gasteiger partial charge in [-0.25, -0.2) is 0 Å². The molecule has 1 heterocycles. The van der Waals surface area contributed by atoms with Gasteiger partial charge in [-0.15, -0.1) is 11.3 Å². The van der Waals surface area contributed by atoms with Gasteiger partial charge in [-0.2, -0.15) is 0 Å². The predicted octanol–water partition coefficient (Wildman–Crippen LogP) is 3.96. The van der Waals surface area contributed by atoms with Crippen LogP contribution in [0.1, 0.15) is 55.8 Å². The number of hydrogen-bond donors (Lipinski definition) is 1. The minimum atomic E-state index is 0.248. The molecular formula is C16H28N2S. The van der Waals surface area contributed by atoms with Crippen LogP contribution in [0.4, 0.5) is 0 Å². The van der Waals surface area contributed by atoms with Crippen molar-refractivity contribution in [2.45, 2.75) is 65.1 Å². The Bertz CT molecular complexity index is 395. The van der Waals surface area contributed by atoms with Crippen molar-refractivity contribution in [3.8, 4) is 0 Å². The molecule has 1 aromatic heterocycles. The van der Waals surface area contributed by atoms with E-state index in [9.17, 15) is 0 Å². The van der Waals surface area contributed by atoms with E-state index in [1.165, 1.54) is 29.1 Å². The van der Waals surface area contributed by atoms with E-state index < -0.39 is 0 Å². The maximum atomic E-state index is 6.47. The summed E-state index contributed by atoms with van der Waals surface area (Å²) in [5.41, 5.74) is 6.47.